The molecule has 2 heterocycles. The molecule has 0 radical (unpaired) electrons. The molecule has 0 unspecified atom stereocenters. The molecule has 4 rings (SSSR count). The third kappa shape index (κ3) is 4.68. The summed E-state index contributed by atoms with van der Waals surface area (Å²) in [5.74, 6) is 0.929. The second-order valence-corrected chi connectivity index (χ2v) is 7.95. The Labute approximate surface area is 174 Å². The molecule has 0 bridgehead atoms. The molecule has 1 saturated heterocycles. The normalized spacial score (nSPS) is 14.4. The monoisotopic (exact) mass is 411 g/mol. The zero-order chi connectivity index (χ0) is 20.1. The SMILES string of the molecule is CCOc1ccccc1N1CCN(C(=O)COCc2nc3ccccc3s2)CC1. The molecule has 0 aliphatic carbocycles. The van der Waals surface area contributed by atoms with E-state index in [0.29, 0.717) is 26.3 Å². The average molecular weight is 412 g/mol. The quantitative estimate of drug-likeness (QED) is 0.595. The van der Waals surface area contributed by atoms with Crippen molar-refractivity contribution in [2.45, 2.75) is 13.5 Å². The fraction of sp³-hybridized carbons (Fsp3) is 0.364. The summed E-state index contributed by atoms with van der Waals surface area (Å²) in [5.41, 5.74) is 2.07. The second-order valence-electron chi connectivity index (χ2n) is 6.84. The van der Waals surface area contributed by atoms with Crippen molar-refractivity contribution >= 4 is 33.1 Å². The summed E-state index contributed by atoms with van der Waals surface area (Å²) in [6.45, 7) is 6.02. The Morgan fingerprint density at radius 2 is 1.83 bits per heavy atom. The standard InChI is InChI=1S/C22H25N3O3S/c1-2-28-19-9-5-4-8-18(19)24-11-13-25(14-12-24)22(26)16-27-15-21-23-17-7-3-6-10-20(17)29-21/h3-10H,2,11-16H2,1H3. The largest absolute Gasteiger partial charge is 0.492 e. The van der Waals surface area contributed by atoms with Crippen LogP contribution in [0.5, 0.6) is 5.75 Å². The summed E-state index contributed by atoms with van der Waals surface area (Å²) in [6.07, 6.45) is 0. The van der Waals surface area contributed by atoms with E-state index in [4.69, 9.17) is 9.47 Å². The van der Waals surface area contributed by atoms with Crippen molar-refractivity contribution in [2.24, 2.45) is 0 Å². The molecule has 7 heteroatoms. The van der Waals surface area contributed by atoms with Crippen molar-refractivity contribution < 1.29 is 14.3 Å². The molecule has 6 nitrogen and oxygen atoms in total. The van der Waals surface area contributed by atoms with E-state index >= 15 is 0 Å². The highest BCUT2D eigenvalue weighted by molar-refractivity contribution is 7.18. The number of fused-ring (bicyclic) bond motifs is 1. The second kappa shape index (κ2) is 9.24. The number of hydrogen-bond acceptors (Lipinski definition) is 6. The van der Waals surface area contributed by atoms with Crippen LogP contribution in [0, 0.1) is 0 Å². The minimum Gasteiger partial charge on any atom is -0.492 e. The minimum absolute atomic E-state index is 0.0313. The van der Waals surface area contributed by atoms with Gasteiger partial charge in [-0.2, -0.15) is 0 Å². The van der Waals surface area contributed by atoms with Crippen LogP contribution in [-0.4, -0.2) is 55.2 Å². The molecule has 1 aromatic heterocycles. The molecule has 1 aliphatic heterocycles. The molecule has 152 valence electrons. The van der Waals surface area contributed by atoms with Gasteiger partial charge in [0.2, 0.25) is 5.91 Å². The third-order valence-corrected chi connectivity index (χ3v) is 5.94. The predicted octanol–water partition coefficient (Wildman–Crippen LogP) is 3.56. The maximum atomic E-state index is 12.5. The van der Waals surface area contributed by atoms with Gasteiger partial charge >= 0.3 is 0 Å². The van der Waals surface area contributed by atoms with Crippen LogP contribution in [0.25, 0.3) is 10.2 Å². The van der Waals surface area contributed by atoms with Crippen LogP contribution in [0.15, 0.2) is 48.5 Å². The summed E-state index contributed by atoms with van der Waals surface area (Å²) in [6, 6.07) is 16.1. The average Bonchev–Trinajstić information content (AvgIpc) is 3.17. The lowest BCUT2D eigenvalue weighted by Gasteiger charge is -2.36. The van der Waals surface area contributed by atoms with Gasteiger partial charge in [-0.3, -0.25) is 4.79 Å². The number of aromatic nitrogens is 1. The number of benzene rings is 2. The number of amides is 1. The van der Waals surface area contributed by atoms with Gasteiger partial charge in [-0.05, 0) is 31.2 Å². The Kier molecular flexibility index (Phi) is 6.27. The van der Waals surface area contributed by atoms with Gasteiger partial charge in [0.25, 0.3) is 0 Å². The van der Waals surface area contributed by atoms with Crippen molar-refractivity contribution in [3.05, 3.63) is 53.5 Å². The van der Waals surface area contributed by atoms with Crippen molar-refractivity contribution in [1.82, 2.24) is 9.88 Å². The molecule has 2 aromatic carbocycles. The van der Waals surface area contributed by atoms with E-state index < -0.39 is 0 Å². The van der Waals surface area contributed by atoms with Gasteiger partial charge in [-0.15, -0.1) is 11.3 Å². The van der Waals surface area contributed by atoms with E-state index in [-0.39, 0.29) is 12.5 Å². The fourth-order valence-corrected chi connectivity index (χ4v) is 4.40. The summed E-state index contributed by atoms with van der Waals surface area (Å²) in [4.78, 5) is 21.2. The van der Waals surface area contributed by atoms with E-state index in [1.54, 1.807) is 11.3 Å². The first kappa shape index (κ1) is 19.7. The molecule has 29 heavy (non-hydrogen) atoms. The summed E-state index contributed by atoms with van der Waals surface area (Å²) < 4.78 is 12.5. The van der Waals surface area contributed by atoms with Gasteiger partial charge in [0.05, 0.1) is 29.1 Å². The van der Waals surface area contributed by atoms with E-state index in [1.165, 1.54) is 0 Å². The van der Waals surface area contributed by atoms with E-state index in [1.807, 2.05) is 54.3 Å². The predicted molar refractivity (Wildman–Crippen MR) is 116 cm³/mol. The molecule has 0 atom stereocenters. The number of carbonyl (C=O) groups excluding carboxylic acids is 1. The van der Waals surface area contributed by atoms with Crippen molar-refractivity contribution in [3.63, 3.8) is 0 Å². The Hall–Kier alpha value is -2.64. The minimum atomic E-state index is 0.0313. The molecule has 1 fully saturated rings. The number of anilines is 1. The molecule has 0 N–H and O–H groups in total. The van der Waals surface area contributed by atoms with E-state index in [2.05, 4.69) is 16.0 Å². The maximum absolute atomic E-state index is 12.5. The van der Waals surface area contributed by atoms with Crippen LogP contribution >= 0.6 is 11.3 Å². The number of rotatable bonds is 7. The smallest absolute Gasteiger partial charge is 0.248 e. The van der Waals surface area contributed by atoms with Gasteiger partial charge in [0, 0.05) is 26.2 Å². The number of piperazine rings is 1. The highest BCUT2D eigenvalue weighted by Gasteiger charge is 2.23. The van der Waals surface area contributed by atoms with Gasteiger partial charge in [-0.25, -0.2) is 4.98 Å². The molecular weight excluding hydrogens is 386 g/mol. The lowest BCUT2D eigenvalue weighted by atomic mass is 10.2. The molecule has 0 spiro atoms. The van der Waals surface area contributed by atoms with Crippen molar-refractivity contribution in [2.75, 3.05) is 44.3 Å². The first-order chi connectivity index (χ1) is 14.2. The Morgan fingerprint density at radius 3 is 2.62 bits per heavy atom. The van der Waals surface area contributed by atoms with Crippen LogP contribution < -0.4 is 9.64 Å². The third-order valence-electron chi connectivity index (χ3n) is 4.93. The lowest BCUT2D eigenvalue weighted by molar-refractivity contribution is -0.136. The summed E-state index contributed by atoms with van der Waals surface area (Å²) in [7, 11) is 0. The number of carbonyl (C=O) groups is 1. The van der Waals surface area contributed by atoms with Crippen molar-refractivity contribution in [1.29, 1.82) is 0 Å². The summed E-state index contributed by atoms with van der Waals surface area (Å²) in [5, 5.41) is 0.899. The topological polar surface area (TPSA) is 54.9 Å². The van der Waals surface area contributed by atoms with Gasteiger partial charge in [0.1, 0.15) is 17.4 Å². The van der Waals surface area contributed by atoms with E-state index in [0.717, 1.165) is 39.8 Å². The highest BCUT2D eigenvalue weighted by Crippen LogP contribution is 2.29. The van der Waals surface area contributed by atoms with Crippen molar-refractivity contribution in [3.8, 4) is 5.75 Å². The first-order valence-corrected chi connectivity index (χ1v) is 10.7. The fourth-order valence-electron chi connectivity index (χ4n) is 3.49. The molecular formula is C22H25N3O3S. The number of thiazole rings is 1. The van der Waals surface area contributed by atoms with Crippen LogP contribution in [0.2, 0.25) is 0 Å². The van der Waals surface area contributed by atoms with Crippen LogP contribution in [0.1, 0.15) is 11.9 Å². The highest BCUT2D eigenvalue weighted by atomic mass is 32.1. The van der Waals surface area contributed by atoms with Gasteiger partial charge in [0.15, 0.2) is 0 Å². The molecule has 1 amide bonds. The molecule has 0 saturated carbocycles. The number of para-hydroxylation sites is 3. The van der Waals surface area contributed by atoms with Gasteiger partial charge < -0.3 is 19.3 Å². The lowest BCUT2D eigenvalue weighted by Crippen LogP contribution is -2.49. The molecule has 3 aromatic rings. The first-order valence-electron chi connectivity index (χ1n) is 9.91. The van der Waals surface area contributed by atoms with Crippen LogP contribution in [-0.2, 0) is 16.1 Å². The number of hydrogen-bond donors (Lipinski definition) is 0. The summed E-state index contributed by atoms with van der Waals surface area (Å²) >= 11 is 1.61. The number of ether oxygens (including phenoxy) is 2. The maximum Gasteiger partial charge on any atom is 0.248 e. The zero-order valence-corrected chi connectivity index (χ0v) is 17.4. The zero-order valence-electron chi connectivity index (χ0n) is 16.5. The Bertz CT molecular complexity index is 934. The van der Waals surface area contributed by atoms with Gasteiger partial charge in [-0.1, -0.05) is 24.3 Å². The number of nitrogens with zero attached hydrogens (tertiary/aromatic N) is 3. The Morgan fingerprint density at radius 1 is 1.07 bits per heavy atom. The van der Waals surface area contributed by atoms with E-state index in [9.17, 15) is 4.79 Å². The Balaban J connectivity index is 1.26. The van der Waals surface area contributed by atoms with Crippen LogP contribution in [0.4, 0.5) is 5.69 Å². The molecule has 1 aliphatic rings. The van der Waals surface area contributed by atoms with Crippen LogP contribution in [0.3, 0.4) is 0 Å².